The number of rotatable bonds is 5. The fourth-order valence-corrected chi connectivity index (χ4v) is 2.65. The number of hydrogen-bond donors (Lipinski definition) is 1. The number of halogens is 1. The second-order valence-corrected chi connectivity index (χ2v) is 5.82. The van der Waals surface area contributed by atoms with Gasteiger partial charge in [-0.25, -0.2) is 23.1 Å². The summed E-state index contributed by atoms with van der Waals surface area (Å²) in [6.45, 7) is 0. The summed E-state index contributed by atoms with van der Waals surface area (Å²) in [5, 5.41) is 0. The maximum Gasteiger partial charge on any atom is 0.264 e. The summed E-state index contributed by atoms with van der Waals surface area (Å²) >= 11 is 5.63. The smallest absolute Gasteiger partial charge is 0.247 e. The van der Waals surface area contributed by atoms with Gasteiger partial charge < -0.3 is 0 Å². The topological polar surface area (TPSA) is 72.0 Å². The van der Waals surface area contributed by atoms with E-state index in [4.69, 9.17) is 11.6 Å². The largest absolute Gasteiger partial charge is 0.264 e. The first-order valence-corrected chi connectivity index (χ1v) is 7.58. The van der Waals surface area contributed by atoms with Gasteiger partial charge in [0.15, 0.2) is 0 Å². The van der Waals surface area contributed by atoms with E-state index in [0.717, 1.165) is 5.56 Å². The van der Waals surface area contributed by atoms with Gasteiger partial charge >= 0.3 is 0 Å². The van der Waals surface area contributed by atoms with Crippen molar-refractivity contribution in [2.75, 3.05) is 10.6 Å². The fourth-order valence-electron chi connectivity index (χ4n) is 1.48. The molecule has 0 aliphatic heterocycles. The zero-order chi connectivity index (χ0) is 13.7. The standard InChI is InChI=1S/C12H12ClN3O2S/c13-7-6-10-2-4-11(5-3-10)19(17,18)16-12-14-8-1-9-15-12/h1-5,8-9H,6-7H2,(H,14,15,16). The third-order valence-corrected chi connectivity index (χ3v) is 3.94. The van der Waals surface area contributed by atoms with Crippen LogP contribution in [0.15, 0.2) is 47.6 Å². The number of anilines is 1. The molecule has 0 saturated carbocycles. The number of aromatic nitrogens is 2. The summed E-state index contributed by atoms with van der Waals surface area (Å²) < 4.78 is 26.4. The van der Waals surface area contributed by atoms with Crippen molar-refractivity contribution >= 4 is 27.6 Å². The van der Waals surface area contributed by atoms with Gasteiger partial charge in [-0.1, -0.05) is 12.1 Å². The van der Waals surface area contributed by atoms with Gasteiger partial charge in [0.2, 0.25) is 5.95 Å². The van der Waals surface area contributed by atoms with E-state index in [2.05, 4.69) is 14.7 Å². The molecule has 2 aromatic rings. The van der Waals surface area contributed by atoms with E-state index in [1.54, 1.807) is 18.2 Å². The molecule has 0 spiro atoms. The Hall–Kier alpha value is -1.66. The first-order chi connectivity index (χ1) is 9.12. The molecule has 0 fully saturated rings. The third kappa shape index (κ3) is 3.65. The number of nitrogens with one attached hydrogen (secondary N) is 1. The van der Waals surface area contributed by atoms with Crippen molar-refractivity contribution in [3.63, 3.8) is 0 Å². The van der Waals surface area contributed by atoms with Gasteiger partial charge in [-0.3, -0.25) is 0 Å². The molecule has 0 atom stereocenters. The lowest BCUT2D eigenvalue weighted by atomic mass is 10.2. The summed E-state index contributed by atoms with van der Waals surface area (Å²) in [6.07, 6.45) is 3.64. The highest BCUT2D eigenvalue weighted by atomic mass is 35.5. The van der Waals surface area contributed by atoms with Gasteiger partial charge in [0.25, 0.3) is 10.0 Å². The summed E-state index contributed by atoms with van der Waals surface area (Å²) in [5.41, 5.74) is 0.991. The number of nitrogens with zero attached hydrogens (tertiary/aromatic N) is 2. The van der Waals surface area contributed by atoms with Crippen LogP contribution in [0, 0.1) is 0 Å². The minimum Gasteiger partial charge on any atom is -0.247 e. The number of benzene rings is 1. The van der Waals surface area contributed by atoms with Crippen LogP contribution in [0.25, 0.3) is 0 Å². The van der Waals surface area contributed by atoms with Gasteiger partial charge in [0.1, 0.15) is 0 Å². The summed E-state index contributed by atoms with van der Waals surface area (Å²) in [4.78, 5) is 7.80. The Balaban J connectivity index is 2.20. The molecule has 2 rings (SSSR count). The Morgan fingerprint density at radius 3 is 2.32 bits per heavy atom. The molecule has 1 aromatic carbocycles. The molecule has 0 aliphatic rings. The number of hydrogen-bond acceptors (Lipinski definition) is 4. The molecule has 19 heavy (non-hydrogen) atoms. The molecule has 0 aliphatic carbocycles. The highest BCUT2D eigenvalue weighted by Crippen LogP contribution is 2.14. The van der Waals surface area contributed by atoms with Gasteiger partial charge in [0, 0.05) is 18.3 Å². The van der Waals surface area contributed by atoms with Crippen molar-refractivity contribution in [3.8, 4) is 0 Å². The quantitative estimate of drug-likeness (QED) is 0.858. The summed E-state index contributed by atoms with van der Waals surface area (Å²) in [7, 11) is -3.65. The van der Waals surface area contributed by atoms with Crippen molar-refractivity contribution in [2.45, 2.75) is 11.3 Å². The van der Waals surface area contributed by atoms with E-state index in [-0.39, 0.29) is 10.8 Å². The SMILES string of the molecule is O=S(=O)(Nc1ncccn1)c1ccc(CCCl)cc1. The molecular weight excluding hydrogens is 286 g/mol. The molecule has 100 valence electrons. The normalized spacial score (nSPS) is 11.2. The fraction of sp³-hybridized carbons (Fsp3) is 0.167. The predicted molar refractivity (Wildman–Crippen MR) is 73.7 cm³/mol. The highest BCUT2D eigenvalue weighted by Gasteiger charge is 2.14. The van der Waals surface area contributed by atoms with E-state index in [0.29, 0.717) is 12.3 Å². The molecule has 7 heteroatoms. The van der Waals surface area contributed by atoms with E-state index >= 15 is 0 Å². The van der Waals surface area contributed by atoms with E-state index in [9.17, 15) is 8.42 Å². The van der Waals surface area contributed by atoms with Crippen molar-refractivity contribution in [3.05, 3.63) is 48.3 Å². The van der Waals surface area contributed by atoms with Crippen LogP contribution < -0.4 is 4.72 Å². The van der Waals surface area contributed by atoms with Crippen LogP contribution in [0.4, 0.5) is 5.95 Å². The molecule has 1 N–H and O–H groups in total. The van der Waals surface area contributed by atoms with Crippen molar-refractivity contribution in [2.24, 2.45) is 0 Å². The summed E-state index contributed by atoms with van der Waals surface area (Å²) in [5.74, 6) is 0.551. The van der Waals surface area contributed by atoms with E-state index in [1.165, 1.54) is 24.5 Å². The zero-order valence-electron chi connectivity index (χ0n) is 9.95. The number of aryl methyl sites for hydroxylation is 1. The lowest BCUT2D eigenvalue weighted by Crippen LogP contribution is -2.14. The average molecular weight is 298 g/mol. The molecule has 1 heterocycles. The first kappa shape index (κ1) is 13.8. The van der Waals surface area contributed by atoms with Gasteiger partial charge in [0.05, 0.1) is 4.90 Å². The summed E-state index contributed by atoms with van der Waals surface area (Å²) in [6, 6.07) is 8.16. The second kappa shape index (κ2) is 5.99. The third-order valence-electron chi connectivity index (χ3n) is 2.41. The van der Waals surface area contributed by atoms with Crippen LogP contribution in [0.5, 0.6) is 0 Å². The Morgan fingerprint density at radius 1 is 1.11 bits per heavy atom. The van der Waals surface area contributed by atoms with Crippen LogP contribution >= 0.6 is 11.6 Å². The van der Waals surface area contributed by atoms with Crippen LogP contribution in [0.1, 0.15) is 5.56 Å². The van der Waals surface area contributed by atoms with Gasteiger partial charge in [-0.2, -0.15) is 0 Å². The van der Waals surface area contributed by atoms with Crippen LogP contribution in [-0.2, 0) is 16.4 Å². The second-order valence-electron chi connectivity index (χ2n) is 3.76. The monoisotopic (exact) mass is 297 g/mol. The maximum atomic E-state index is 12.1. The van der Waals surface area contributed by atoms with E-state index < -0.39 is 10.0 Å². The van der Waals surface area contributed by atoms with Crippen molar-refractivity contribution < 1.29 is 8.42 Å². The number of alkyl halides is 1. The molecule has 0 unspecified atom stereocenters. The van der Waals surface area contributed by atoms with Gasteiger partial charge in [-0.15, -0.1) is 11.6 Å². The lowest BCUT2D eigenvalue weighted by molar-refractivity contribution is 0.601. The molecule has 5 nitrogen and oxygen atoms in total. The Kier molecular flexibility index (Phi) is 4.34. The zero-order valence-corrected chi connectivity index (χ0v) is 11.5. The maximum absolute atomic E-state index is 12.1. The minimum atomic E-state index is -3.65. The molecule has 0 amide bonds. The molecule has 0 radical (unpaired) electrons. The first-order valence-electron chi connectivity index (χ1n) is 5.56. The van der Waals surface area contributed by atoms with Gasteiger partial charge in [-0.05, 0) is 30.2 Å². The van der Waals surface area contributed by atoms with Crippen LogP contribution in [-0.4, -0.2) is 24.3 Å². The van der Waals surface area contributed by atoms with Crippen LogP contribution in [0.2, 0.25) is 0 Å². The lowest BCUT2D eigenvalue weighted by Gasteiger charge is -2.06. The van der Waals surface area contributed by atoms with Crippen LogP contribution in [0.3, 0.4) is 0 Å². The Morgan fingerprint density at radius 2 is 1.74 bits per heavy atom. The number of sulfonamides is 1. The Labute approximate surface area is 116 Å². The average Bonchev–Trinajstić information content (AvgIpc) is 2.40. The Bertz CT molecular complexity index is 630. The molecular formula is C12H12ClN3O2S. The van der Waals surface area contributed by atoms with Crippen molar-refractivity contribution in [1.82, 2.24) is 9.97 Å². The molecule has 0 bridgehead atoms. The molecule has 0 saturated heterocycles. The minimum absolute atomic E-state index is 0.0485. The van der Waals surface area contributed by atoms with Crippen molar-refractivity contribution in [1.29, 1.82) is 0 Å². The van der Waals surface area contributed by atoms with E-state index in [1.807, 2.05) is 0 Å². The highest BCUT2D eigenvalue weighted by molar-refractivity contribution is 7.92. The predicted octanol–water partition coefficient (Wildman–Crippen LogP) is 2.06. The molecule has 1 aromatic heterocycles.